The van der Waals surface area contributed by atoms with E-state index in [4.69, 9.17) is 15.2 Å². The molecule has 1 aromatic rings. The Kier molecular flexibility index (Phi) is 3.98. The molecular formula is C12H20N4O2. The Balaban J connectivity index is 2.18. The van der Waals surface area contributed by atoms with Crippen molar-refractivity contribution in [2.45, 2.75) is 25.3 Å². The van der Waals surface area contributed by atoms with Crippen LogP contribution in [-0.4, -0.2) is 42.4 Å². The first kappa shape index (κ1) is 13.0. The summed E-state index contributed by atoms with van der Waals surface area (Å²) in [6.07, 6.45) is 1.77. The van der Waals surface area contributed by atoms with Crippen molar-refractivity contribution in [1.82, 2.24) is 9.97 Å². The number of methoxy groups -OCH3 is 1. The number of rotatable bonds is 4. The summed E-state index contributed by atoms with van der Waals surface area (Å²) in [6, 6.07) is 1.79. The lowest BCUT2D eigenvalue weighted by atomic mass is 9.90. The minimum Gasteiger partial charge on any atom is -0.481 e. The second-order valence-corrected chi connectivity index (χ2v) is 4.56. The van der Waals surface area contributed by atoms with Crippen molar-refractivity contribution in [3.8, 4) is 5.88 Å². The van der Waals surface area contributed by atoms with Crippen LogP contribution in [0.25, 0.3) is 0 Å². The number of aryl methyl sites for hydroxylation is 1. The Hall–Kier alpha value is -1.40. The van der Waals surface area contributed by atoms with E-state index in [2.05, 4.69) is 15.3 Å². The number of nitrogens with one attached hydrogen (secondary N) is 1. The molecule has 0 amide bonds. The van der Waals surface area contributed by atoms with Crippen molar-refractivity contribution in [3.63, 3.8) is 0 Å². The molecule has 0 radical (unpaired) electrons. The van der Waals surface area contributed by atoms with Crippen LogP contribution in [0.1, 0.15) is 18.7 Å². The van der Waals surface area contributed by atoms with Crippen LogP contribution in [0.3, 0.4) is 0 Å². The molecule has 0 spiro atoms. The Bertz CT molecular complexity index is 405. The van der Waals surface area contributed by atoms with Crippen LogP contribution in [0.4, 0.5) is 5.82 Å². The number of hydrogen-bond donors (Lipinski definition) is 2. The van der Waals surface area contributed by atoms with Crippen molar-refractivity contribution in [2.75, 3.05) is 32.2 Å². The van der Waals surface area contributed by atoms with Gasteiger partial charge in [0.05, 0.1) is 12.6 Å². The van der Waals surface area contributed by atoms with Crippen molar-refractivity contribution < 1.29 is 9.47 Å². The van der Waals surface area contributed by atoms with Crippen molar-refractivity contribution in [1.29, 1.82) is 0 Å². The smallest absolute Gasteiger partial charge is 0.218 e. The molecule has 1 aliphatic heterocycles. The predicted octanol–water partition coefficient (Wildman–Crippen LogP) is 0.713. The number of nitrogens with two attached hydrogens (primary N) is 1. The van der Waals surface area contributed by atoms with E-state index in [0.717, 1.165) is 31.9 Å². The fraction of sp³-hybridized carbons (Fsp3) is 0.667. The highest BCUT2D eigenvalue weighted by Crippen LogP contribution is 2.25. The molecule has 0 aromatic carbocycles. The second kappa shape index (κ2) is 5.49. The van der Waals surface area contributed by atoms with Gasteiger partial charge in [0.1, 0.15) is 11.6 Å². The second-order valence-electron chi connectivity index (χ2n) is 4.56. The lowest BCUT2D eigenvalue weighted by molar-refractivity contribution is 0.0627. The van der Waals surface area contributed by atoms with Crippen LogP contribution >= 0.6 is 0 Å². The van der Waals surface area contributed by atoms with Gasteiger partial charge in [-0.2, -0.15) is 4.98 Å². The number of ether oxygens (including phenoxy) is 2. The predicted molar refractivity (Wildman–Crippen MR) is 68.8 cm³/mol. The SMILES string of the molecule is COc1cc(NC2(CN)CCOCC2)nc(C)n1. The number of anilines is 1. The molecule has 1 aliphatic rings. The van der Waals surface area contributed by atoms with E-state index in [1.165, 1.54) is 0 Å². The van der Waals surface area contributed by atoms with E-state index in [9.17, 15) is 0 Å². The van der Waals surface area contributed by atoms with Crippen LogP contribution in [0.15, 0.2) is 6.07 Å². The highest BCUT2D eigenvalue weighted by Gasteiger charge is 2.31. The number of nitrogens with zero attached hydrogens (tertiary/aromatic N) is 2. The highest BCUT2D eigenvalue weighted by atomic mass is 16.5. The topological polar surface area (TPSA) is 82.3 Å². The minimum absolute atomic E-state index is 0.135. The molecule has 0 atom stereocenters. The third-order valence-corrected chi connectivity index (χ3v) is 3.26. The first-order chi connectivity index (χ1) is 8.67. The Morgan fingerprint density at radius 1 is 1.44 bits per heavy atom. The van der Waals surface area contributed by atoms with Gasteiger partial charge in [-0.1, -0.05) is 0 Å². The molecule has 0 unspecified atom stereocenters. The average molecular weight is 252 g/mol. The largest absolute Gasteiger partial charge is 0.481 e. The molecule has 0 saturated carbocycles. The molecule has 100 valence electrons. The average Bonchev–Trinajstić information content (AvgIpc) is 2.39. The lowest BCUT2D eigenvalue weighted by Crippen LogP contribution is -2.49. The first-order valence-corrected chi connectivity index (χ1v) is 6.13. The molecule has 1 fully saturated rings. The van der Waals surface area contributed by atoms with Gasteiger partial charge in [-0.15, -0.1) is 0 Å². The lowest BCUT2D eigenvalue weighted by Gasteiger charge is -2.37. The number of aromatic nitrogens is 2. The van der Waals surface area contributed by atoms with Crippen LogP contribution in [0.2, 0.25) is 0 Å². The van der Waals surface area contributed by atoms with Gasteiger partial charge in [0, 0.05) is 25.8 Å². The maximum absolute atomic E-state index is 5.90. The van der Waals surface area contributed by atoms with Gasteiger partial charge in [-0.05, 0) is 19.8 Å². The molecular weight excluding hydrogens is 232 g/mol. The van der Waals surface area contributed by atoms with E-state index in [1.54, 1.807) is 13.2 Å². The Morgan fingerprint density at radius 3 is 2.78 bits per heavy atom. The standard InChI is InChI=1S/C12H20N4O2/c1-9-14-10(7-11(15-9)17-2)16-12(8-13)3-5-18-6-4-12/h7H,3-6,8,13H2,1-2H3,(H,14,15,16). The van der Waals surface area contributed by atoms with Crippen molar-refractivity contribution >= 4 is 5.82 Å². The summed E-state index contributed by atoms with van der Waals surface area (Å²) in [4.78, 5) is 8.53. The van der Waals surface area contributed by atoms with Gasteiger partial charge in [0.15, 0.2) is 0 Å². The fourth-order valence-corrected chi connectivity index (χ4v) is 2.12. The normalized spacial score (nSPS) is 18.4. The Labute approximate surface area is 107 Å². The summed E-state index contributed by atoms with van der Waals surface area (Å²) in [7, 11) is 1.60. The quantitative estimate of drug-likeness (QED) is 0.821. The van der Waals surface area contributed by atoms with E-state index in [1.807, 2.05) is 6.92 Å². The third-order valence-electron chi connectivity index (χ3n) is 3.26. The van der Waals surface area contributed by atoms with Gasteiger partial charge in [0.2, 0.25) is 5.88 Å². The van der Waals surface area contributed by atoms with E-state index >= 15 is 0 Å². The van der Waals surface area contributed by atoms with E-state index in [-0.39, 0.29) is 5.54 Å². The van der Waals surface area contributed by atoms with Crippen molar-refractivity contribution in [3.05, 3.63) is 11.9 Å². The molecule has 2 rings (SSSR count). The maximum Gasteiger partial charge on any atom is 0.218 e. The molecule has 2 heterocycles. The summed E-state index contributed by atoms with van der Waals surface area (Å²) in [5.41, 5.74) is 5.77. The first-order valence-electron chi connectivity index (χ1n) is 6.13. The van der Waals surface area contributed by atoms with Crippen LogP contribution in [0.5, 0.6) is 5.88 Å². The molecule has 0 aliphatic carbocycles. The summed E-state index contributed by atoms with van der Waals surface area (Å²) in [5, 5.41) is 3.42. The summed E-state index contributed by atoms with van der Waals surface area (Å²) in [5.74, 6) is 1.99. The highest BCUT2D eigenvalue weighted by molar-refractivity contribution is 5.41. The zero-order valence-electron chi connectivity index (χ0n) is 10.9. The summed E-state index contributed by atoms with van der Waals surface area (Å²) < 4.78 is 10.5. The number of hydrogen-bond acceptors (Lipinski definition) is 6. The Morgan fingerprint density at radius 2 is 2.17 bits per heavy atom. The van der Waals surface area contributed by atoms with Gasteiger partial charge in [-0.3, -0.25) is 0 Å². The molecule has 18 heavy (non-hydrogen) atoms. The van der Waals surface area contributed by atoms with Gasteiger partial charge < -0.3 is 20.5 Å². The monoisotopic (exact) mass is 252 g/mol. The minimum atomic E-state index is -0.135. The molecule has 3 N–H and O–H groups in total. The zero-order valence-corrected chi connectivity index (χ0v) is 10.9. The van der Waals surface area contributed by atoms with Crippen LogP contribution in [-0.2, 0) is 4.74 Å². The molecule has 1 saturated heterocycles. The van der Waals surface area contributed by atoms with E-state index in [0.29, 0.717) is 18.2 Å². The fourth-order valence-electron chi connectivity index (χ4n) is 2.12. The van der Waals surface area contributed by atoms with Crippen LogP contribution in [0, 0.1) is 6.92 Å². The molecule has 6 heteroatoms. The zero-order chi connectivity index (χ0) is 13.0. The van der Waals surface area contributed by atoms with E-state index < -0.39 is 0 Å². The van der Waals surface area contributed by atoms with Gasteiger partial charge in [-0.25, -0.2) is 4.98 Å². The molecule has 6 nitrogen and oxygen atoms in total. The summed E-state index contributed by atoms with van der Waals surface area (Å²) >= 11 is 0. The van der Waals surface area contributed by atoms with Crippen molar-refractivity contribution in [2.24, 2.45) is 5.73 Å². The third kappa shape index (κ3) is 2.88. The molecule has 0 bridgehead atoms. The summed E-state index contributed by atoms with van der Waals surface area (Å²) in [6.45, 7) is 3.85. The van der Waals surface area contributed by atoms with Crippen LogP contribution < -0.4 is 15.8 Å². The maximum atomic E-state index is 5.90. The van der Waals surface area contributed by atoms with Gasteiger partial charge in [0.25, 0.3) is 0 Å². The van der Waals surface area contributed by atoms with Gasteiger partial charge >= 0.3 is 0 Å². The molecule has 1 aromatic heterocycles.